The van der Waals surface area contributed by atoms with Crippen LogP contribution in [0, 0.1) is 0 Å². The van der Waals surface area contributed by atoms with Crippen molar-refractivity contribution in [3.8, 4) is 0 Å². The molecule has 14 heavy (non-hydrogen) atoms. The van der Waals surface area contributed by atoms with Crippen molar-refractivity contribution in [3.05, 3.63) is 11.3 Å². The average molecular weight is 202 g/mol. The maximum atomic E-state index is 9.12. The molecule has 2 atom stereocenters. The van der Waals surface area contributed by atoms with Gasteiger partial charge < -0.3 is 19.3 Å². The van der Waals surface area contributed by atoms with Crippen LogP contribution in [-0.4, -0.2) is 37.8 Å². The first-order valence-electron chi connectivity index (χ1n) is 4.84. The van der Waals surface area contributed by atoms with E-state index < -0.39 is 0 Å². The third kappa shape index (κ3) is 2.47. The number of allylic oxidation sites excluding steroid dienone is 1. The molecule has 0 unspecified atom stereocenters. The van der Waals surface area contributed by atoms with E-state index in [1.807, 2.05) is 13.8 Å². The van der Waals surface area contributed by atoms with Crippen molar-refractivity contribution in [3.63, 3.8) is 0 Å². The van der Waals surface area contributed by atoms with Gasteiger partial charge in [0, 0.05) is 25.7 Å². The molecular weight excluding hydrogens is 184 g/mol. The second kappa shape index (κ2) is 5.34. The summed E-state index contributed by atoms with van der Waals surface area (Å²) in [5.41, 5.74) is 0.809. The first-order valence-corrected chi connectivity index (χ1v) is 4.84. The minimum atomic E-state index is -0.250. The zero-order valence-electron chi connectivity index (χ0n) is 8.95. The van der Waals surface area contributed by atoms with Gasteiger partial charge in [0.25, 0.3) is 0 Å². The van der Waals surface area contributed by atoms with Gasteiger partial charge in [-0.15, -0.1) is 0 Å². The average Bonchev–Trinajstić information content (AvgIpc) is 2.17. The van der Waals surface area contributed by atoms with Gasteiger partial charge in [-0.3, -0.25) is 0 Å². The number of aliphatic hydroxyl groups excluding tert-OH is 1. The zero-order valence-corrected chi connectivity index (χ0v) is 8.95. The molecule has 0 saturated carbocycles. The standard InChI is InChI=1S/C10H18O4/c1-4-13-10-5-9(12-3)8(6-11)7(2)14-10/h9-11H,4-6H2,1-3H3/t9-,10-/m1/s1. The number of ether oxygens (including phenoxy) is 3. The molecule has 4 heteroatoms. The first kappa shape index (κ1) is 11.5. The summed E-state index contributed by atoms with van der Waals surface area (Å²) in [5, 5.41) is 9.12. The molecule has 0 fully saturated rings. The van der Waals surface area contributed by atoms with E-state index in [2.05, 4.69) is 0 Å². The van der Waals surface area contributed by atoms with Crippen LogP contribution in [0.3, 0.4) is 0 Å². The molecule has 1 aliphatic heterocycles. The Morgan fingerprint density at radius 2 is 2.29 bits per heavy atom. The van der Waals surface area contributed by atoms with Gasteiger partial charge in [-0.25, -0.2) is 0 Å². The maximum Gasteiger partial charge on any atom is 0.202 e. The summed E-state index contributed by atoms with van der Waals surface area (Å²) in [6.07, 6.45) is 0.294. The summed E-state index contributed by atoms with van der Waals surface area (Å²) in [6, 6.07) is 0. The molecule has 0 bridgehead atoms. The Morgan fingerprint density at radius 1 is 1.57 bits per heavy atom. The van der Waals surface area contributed by atoms with E-state index in [1.165, 1.54) is 0 Å². The Hall–Kier alpha value is -0.580. The Balaban J connectivity index is 2.70. The van der Waals surface area contributed by atoms with E-state index in [0.29, 0.717) is 18.8 Å². The second-order valence-corrected chi connectivity index (χ2v) is 3.20. The minimum Gasteiger partial charge on any atom is -0.469 e. The summed E-state index contributed by atoms with van der Waals surface area (Å²) in [4.78, 5) is 0. The van der Waals surface area contributed by atoms with Crippen molar-refractivity contribution < 1.29 is 19.3 Å². The normalized spacial score (nSPS) is 27.7. The molecule has 0 saturated heterocycles. The summed E-state index contributed by atoms with van der Waals surface area (Å²) in [5.74, 6) is 0.712. The molecule has 4 nitrogen and oxygen atoms in total. The Kier molecular flexibility index (Phi) is 4.38. The molecule has 0 aliphatic carbocycles. The number of rotatable bonds is 4. The molecular formula is C10H18O4. The van der Waals surface area contributed by atoms with Crippen LogP contribution < -0.4 is 0 Å². The van der Waals surface area contributed by atoms with E-state index in [-0.39, 0.29) is 19.0 Å². The second-order valence-electron chi connectivity index (χ2n) is 3.20. The molecule has 1 heterocycles. The number of hydrogen-bond acceptors (Lipinski definition) is 4. The Bertz CT molecular complexity index is 212. The van der Waals surface area contributed by atoms with Gasteiger partial charge >= 0.3 is 0 Å². The van der Waals surface area contributed by atoms with Gasteiger partial charge in [-0.05, 0) is 13.8 Å². The highest BCUT2D eigenvalue weighted by Gasteiger charge is 2.28. The van der Waals surface area contributed by atoms with Crippen LogP contribution in [0.5, 0.6) is 0 Å². The summed E-state index contributed by atoms with van der Waals surface area (Å²) in [6.45, 7) is 4.33. The lowest BCUT2D eigenvalue weighted by Crippen LogP contribution is -2.33. The highest BCUT2D eigenvalue weighted by atomic mass is 16.7. The fourth-order valence-corrected chi connectivity index (χ4v) is 1.60. The predicted octanol–water partition coefficient (Wildman–Crippen LogP) is 1.05. The van der Waals surface area contributed by atoms with Gasteiger partial charge in [0.2, 0.25) is 6.29 Å². The number of methoxy groups -OCH3 is 1. The van der Waals surface area contributed by atoms with E-state index >= 15 is 0 Å². The van der Waals surface area contributed by atoms with Crippen molar-refractivity contribution in [1.82, 2.24) is 0 Å². The topological polar surface area (TPSA) is 47.9 Å². The largest absolute Gasteiger partial charge is 0.469 e. The molecule has 0 aromatic carbocycles. The fraction of sp³-hybridized carbons (Fsp3) is 0.800. The number of aliphatic hydroxyl groups is 1. The van der Waals surface area contributed by atoms with Crippen LogP contribution >= 0.6 is 0 Å². The van der Waals surface area contributed by atoms with Crippen LogP contribution in [0.2, 0.25) is 0 Å². The van der Waals surface area contributed by atoms with Gasteiger partial charge in [0.1, 0.15) is 5.76 Å². The predicted molar refractivity (Wildman–Crippen MR) is 51.7 cm³/mol. The van der Waals surface area contributed by atoms with Crippen molar-refractivity contribution in [2.75, 3.05) is 20.3 Å². The SMILES string of the molecule is CCO[C@H]1C[C@@H](OC)C(CO)=C(C)O1. The lowest BCUT2D eigenvalue weighted by atomic mass is 10.0. The summed E-state index contributed by atoms with van der Waals surface area (Å²) in [7, 11) is 1.63. The van der Waals surface area contributed by atoms with Gasteiger partial charge in [-0.2, -0.15) is 0 Å². The summed E-state index contributed by atoms with van der Waals surface area (Å²) < 4.78 is 16.1. The van der Waals surface area contributed by atoms with Gasteiger partial charge in [0.05, 0.1) is 12.7 Å². The van der Waals surface area contributed by atoms with E-state index in [0.717, 1.165) is 5.57 Å². The number of hydrogen-bond donors (Lipinski definition) is 1. The zero-order chi connectivity index (χ0) is 10.6. The summed E-state index contributed by atoms with van der Waals surface area (Å²) >= 11 is 0. The lowest BCUT2D eigenvalue weighted by Gasteiger charge is -2.31. The first-order chi connectivity index (χ1) is 6.72. The van der Waals surface area contributed by atoms with E-state index in [1.54, 1.807) is 7.11 Å². The molecule has 82 valence electrons. The van der Waals surface area contributed by atoms with Crippen LogP contribution in [0.4, 0.5) is 0 Å². The maximum absolute atomic E-state index is 9.12. The van der Waals surface area contributed by atoms with E-state index in [4.69, 9.17) is 19.3 Å². The molecule has 1 rings (SSSR count). The highest BCUT2D eigenvalue weighted by molar-refractivity contribution is 5.15. The van der Waals surface area contributed by atoms with Crippen LogP contribution in [0.15, 0.2) is 11.3 Å². The fourth-order valence-electron chi connectivity index (χ4n) is 1.60. The Labute approximate surface area is 84.5 Å². The molecule has 0 aromatic rings. The Morgan fingerprint density at radius 3 is 2.79 bits per heavy atom. The minimum absolute atomic E-state index is 0.0246. The smallest absolute Gasteiger partial charge is 0.202 e. The monoisotopic (exact) mass is 202 g/mol. The van der Waals surface area contributed by atoms with Crippen LogP contribution in [-0.2, 0) is 14.2 Å². The highest BCUT2D eigenvalue weighted by Crippen LogP contribution is 2.26. The molecule has 0 spiro atoms. The van der Waals surface area contributed by atoms with Crippen LogP contribution in [0.1, 0.15) is 20.3 Å². The van der Waals surface area contributed by atoms with Crippen LogP contribution in [0.25, 0.3) is 0 Å². The quantitative estimate of drug-likeness (QED) is 0.740. The molecule has 0 radical (unpaired) electrons. The van der Waals surface area contributed by atoms with E-state index in [9.17, 15) is 0 Å². The lowest BCUT2D eigenvalue weighted by molar-refractivity contribution is -0.145. The van der Waals surface area contributed by atoms with Gasteiger partial charge in [0.15, 0.2) is 0 Å². The van der Waals surface area contributed by atoms with Crippen molar-refractivity contribution in [2.45, 2.75) is 32.7 Å². The van der Waals surface area contributed by atoms with Crippen molar-refractivity contribution in [1.29, 1.82) is 0 Å². The molecule has 1 N–H and O–H groups in total. The molecule has 0 amide bonds. The third-order valence-corrected chi connectivity index (χ3v) is 2.36. The molecule has 0 aromatic heterocycles. The van der Waals surface area contributed by atoms with Crippen molar-refractivity contribution in [2.24, 2.45) is 0 Å². The van der Waals surface area contributed by atoms with Gasteiger partial charge in [-0.1, -0.05) is 0 Å². The van der Waals surface area contributed by atoms with Crippen molar-refractivity contribution >= 4 is 0 Å². The third-order valence-electron chi connectivity index (χ3n) is 2.36. The molecule has 1 aliphatic rings.